The van der Waals surface area contributed by atoms with Crippen molar-refractivity contribution in [3.05, 3.63) is 57.2 Å². The third kappa shape index (κ3) is 2.25. The molecule has 124 valence electrons. The monoisotopic (exact) mass is 342 g/mol. The van der Waals surface area contributed by atoms with Crippen molar-refractivity contribution in [1.82, 2.24) is 5.32 Å². The Bertz CT molecular complexity index is 910. The van der Waals surface area contributed by atoms with Gasteiger partial charge in [-0.05, 0) is 50.1 Å². The highest BCUT2D eigenvalue weighted by Gasteiger charge is 2.44. The standard InChI is InChI=1S/C19H19ClN2O2/c1-11-18-13(14-9-12(20)4-5-15(14)22-18)6-7-19(11,10-17(23)24)16-3-2-8-21-16/h4-7,9,16,21H,2-3,8,10H2,1H3,(H,23,24). The van der Waals surface area contributed by atoms with Gasteiger partial charge in [-0.2, -0.15) is 0 Å². The van der Waals surface area contributed by atoms with E-state index in [-0.39, 0.29) is 12.5 Å². The lowest BCUT2D eigenvalue weighted by Gasteiger charge is -2.39. The van der Waals surface area contributed by atoms with Gasteiger partial charge in [0.05, 0.1) is 17.5 Å². The van der Waals surface area contributed by atoms with Crippen LogP contribution in [0.25, 0.3) is 5.57 Å². The second-order valence-corrected chi connectivity index (χ2v) is 7.19. The number of carboxylic acids is 1. The molecule has 1 saturated heterocycles. The number of fused-ring (bicyclic) bond motifs is 2. The summed E-state index contributed by atoms with van der Waals surface area (Å²) in [5.74, 6) is -0.782. The molecule has 5 heteroatoms. The fraction of sp³-hybridized carbons (Fsp3) is 0.368. The van der Waals surface area contributed by atoms with Gasteiger partial charge >= 0.3 is 5.97 Å². The Hall–Kier alpha value is -1.91. The molecule has 1 aromatic rings. The summed E-state index contributed by atoms with van der Waals surface area (Å²) >= 11 is 6.14. The van der Waals surface area contributed by atoms with Crippen molar-refractivity contribution >= 4 is 23.1 Å². The lowest BCUT2D eigenvalue weighted by molar-refractivity contribution is -0.139. The zero-order valence-electron chi connectivity index (χ0n) is 13.5. The number of allylic oxidation sites excluding steroid dienone is 1. The molecular weight excluding hydrogens is 324 g/mol. The minimum Gasteiger partial charge on any atom is -0.481 e. The fourth-order valence-corrected chi connectivity index (χ4v) is 4.40. The van der Waals surface area contributed by atoms with Gasteiger partial charge in [-0.1, -0.05) is 23.8 Å². The van der Waals surface area contributed by atoms with E-state index in [0.717, 1.165) is 46.8 Å². The number of benzene rings is 1. The quantitative estimate of drug-likeness (QED) is 0.885. The molecule has 4 nitrogen and oxygen atoms in total. The second-order valence-electron chi connectivity index (χ2n) is 6.75. The maximum absolute atomic E-state index is 11.6. The minimum absolute atomic E-state index is 0.0798. The summed E-state index contributed by atoms with van der Waals surface area (Å²) in [4.78, 5) is 16.4. The molecule has 2 atom stereocenters. The van der Waals surface area contributed by atoms with Gasteiger partial charge in [-0.3, -0.25) is 4.79 Å². The van der Waals surface area contributed by atoms with Gasteiger partial charge in [0.2, 0.25) is 0 Å². The zero-order valence-corrected chi connectivity index (χ0v) is 14.2. The topological polar surface area (TPSA) is 61.7 Å². The highest BCUT2D eigenvalue weighted by atomic mass is 35.5. The molecule has 0 amide bonds. The van der Waals surface area contributed by atoms with Crippen molar-refractivity contribution < 1.29 is 9.90 Å². The molecule has 1 aromatic carbocycles. The number of hydrogen-bond donors (Lipinski definition) is 2. The molecular formula is C19H19ClN2O2. The van der Waals surface area contributed by atoms with Gasteiger partial charge in [0.15, 0.2) is 0 Å². The number of carbonyl (C=O) groups is 1. The van der Waals surface area contributed by atoms with E-state index in [2.05, 4.69) is 11.4 Å². The fourth-order valence-electron chi connectivity index (χ4n) is 4.23. The Labute approximate surface area is 145 Å². The smallest absolute Gasteiger partial charge is 0.304 e. The van der Waals surface area contributed by atoms with Crippen LogP contribution in [0.3, 0.4) is 0 Å². The molecule has 1 aliphatic carbocycles. The first-order valence-electron chi connectivity index (χ1n) is 8.26. The van der Waals surface area contributed by atoms with Crippen LogP contribution >= 0.6 is 11.6 Å². The number of nitrogens with zero attached hydrogens (tertiary/aromatic N) is 1. The van der Waals surface area contributed by atoms with Crippen LogP contribution in [0.15, 0.2) is 46.6 Å². The van der Waals surface area contributed by atoms with Gasteiger partial charge in [-0.15, -0.1) is 0 Å². The molecule has 2 heterocycles. The highest BCUT2D eigenvalue weighted by molar-refractivity contribution is 6.30. The third-order valence-electron chi connectivity index (χ3n) is 5.46. The van der Waals surface area contributed by atoms with Crippen LogP contribution in [0.5, 0.6) is 0 Å². The van der Waals surface area contributed by atoms with E-state index in [1.807, 2.05) is 31.2 Å². The average Bonchev–Trinajstić information content (AvgIpc) is 3.18. The van der Waals surface area contributed by atoms with Crippen LogP contribution < -0.4 is 15.9 Å². The van der Waals surface area contributed by atoms with Crippen LogP contribution in [-0.2, 0) is 4.79 Å². The lowest BCUT2D eigenvalue weighted by atomic mass is 9.67. The summed E-state index contributed by atoms with van der Waals surface area (Å²) in [5.41, 5.74) is 2.47. The predicted molar refractivity (Wildman–Crippen MR) is 93.2 cm³/mol. The molecule has 2 aliphatic heterocycles. The third-order valence-corrected chi connectivity index (χ3v) is 5.70. The molecule has 0 radical (unpaired) electrons. The predicted octanol–water partition coefficient (Wildman–Crippen LogP) is 2.18. The molecule has 3 aliphatic rings. The summed E-state index contributed by atoms with van der Waals surface area (Å²) in [7, 11) is 0. The molecule has 2 N–H and O–H groups in total. The maximum Gasteiger partial charge on any atom is 0.304 e. The molecule has 0 saturated carbocycles. The zero-order chi connectivity index (χ0) is 16.9. The van der Waals surface area contributed by atoms with E-state index in [1.165, 1.54) is 0 Å². The summed E-state index contributed by atoms with van der Waals surface area (Å²) in [6.07, 6.45) is 6.25. The molecule has 1 fully saturated rings. The molecule has 4 rings (SSSR count). The SMILES string of the molecule is CC1=C2N=c3ccc(Cl)cc3=C2C=CC1(CC(=O)O)C1CCCN1. The lowest BCUT2D eigenvalue weighted by Crippen LogP contribution is -2.44. The number of carboxylic acid groups (broad SMARTS) is 1. The van der Waals surface area contributed by atoms with E-state index in [0.29, 0.717) is 5.02 Å². The summed E-state index contributed by atoms with van der Waals surface area (Å²) in [5, 5.41) is 15.6. The van der Waals surface area contributed by atoms with E-state index in [4.69, 9.17) is 16.6 Å². The van der Waals surface area contributed by atoms with Crippen molar-refractivity contribution in [3.63, 3.8) is 0 Å². The minimum atomic E-state index is -0.782. The first-order valence-corrected chi connectivity index (χ1v) is 8.64. The van der Waals surface area contributed by atoms with Gasteiger partial charge in [-0.25, -0.2) is 4.99 Å². The number of halogens is 1. The molecule has 0 aromatic heterocycles. The number of nitrogens with one attached hydrogen (secondary N) is 1. The summed E-state index contributed by atoms with van der Waals surface area (Å²) < 4.78 is 0. The summed E-state index contributed by atoms with van der Waals surface area (Å²) in [6, 6.07) is 5.83. The van der Waals surface area contributed by atoms with Gasteiger partial charge < -0.3 is 10.4 Å². The van der Waals surface area contributed by atoms with Crippen LogP contribution in [0.2, 0.25) is 5.02 Å². The Morgan fingerprint density at radius 2 is 2.33 bits per heavy atom. The highest BCUT2D eigenvalue weighted by Crippen LogP contribution is 2.46. The molecule has 2 unspecified atom stereocenters. The van der Waals surface area contributed by atoms with Crippen LogP contribution in [-0.4, -0.2) is 23.7 Å². The van der Waals surface area contributed by atoms with Crippen LogP contribution in [0.4, 0.5) is 0 Å². The van der Waals surface area contributed by atoms with Crippen molar-refractivity contribution in [3.8, 4) is 0 Å². The molecule has 24 heavy (non-hydrogen) atoms. The van der Waals surface area contributed by atoms with Gasteiger partial charge in [0, 0.05) is 27.3 Å². The first-order chi connectivity index (χ1) is 11.5. The summed E-state index contributed by atoms with van der Waals surface area (Å²) in [6.45, 7) is 2.96. The molecule has 0 spiro atoms. The van der Waals surface area contributed by atoms with E-state index < -0.39 is 11.4 Å². The number of rotatable bonds is 3. The largest absolute Gasteiger partial charge is 0.481 e. The first kappa shape index (κ1) is 15.6. The van der Waals surface area contributed by atoms with Crippen molar-refractivity contribution in [1.29, 1.82) is 0 Å². The van der Waals surface area contributed by atoms with Gasteiger partial charge in [0.1, 0.15) is 0 Å². The Morgan fingerprint density at radius 3 is 3.04 bits per heavy atom. The van der Waals surface area contributed by atoms with Crippen molar-refractivity contribution in [2.75, 3.05) is 6.54 Å². The average molecular weight is 343 g/mol. The Morgan fingerprint density at radius 1 is 1.50 bits per heavy atom. The van der Waals surface area contributed by atoms with Gasteiger partial charge in [0.25, 0.3) is 0 Å². The van der Waals surface area contributed by atoms with Crippen molar-refractivity contribution in [2.45, 2.75) is 32.2 Å². The van der Waals surface area contributed by atoms with E-state index >= 15 is 0 Å². The Kier molecular flexibility index (Phi) is 3.62. The normalized spacial score (nSPS) is 27.9. The maximum atomic E-state index is 11.6. The Balaban J connectivity index is 1.92. The second kappa shape index (κ2) is 5.57. The van der Waals surface area contributed by atoms with Crippen molar-refractivity contribution in [2.24, 2.45) is 10.4 Å². The van der Waals surface area contributed by atoms with E-state index in [1.54, 1.807) is 0 Å². The van der Waals surface area contributed by atoms with Crippen LogP contribution in [0, 0.1) is 5.41 Å². The molecule has 0 bridgehead atoms. The number of aliphatic carboxylic acids is 1. The van der Waals surface area contributed by atoms with Crippen LogP contribution in [0.1, 0.15) is 26.2 Å². The number of hydrogen-bond acceptors (Lipinski definition) is 3. The van der Waals surface area contributed by atoms with E-state index in [9.17, 15) is 9.90 Å².